The third-order valence-corrected chi connectivity index (χ3v) is 5.82. The minimum Gasteiger partial charge on any atom is -0.493 e. The van der Waals surface area contributed by atoms with Gasteiger partial charge in [-0.3, -0.25) is 4.90 Å². The van der Waals surface area contributed by atoms with E-state index in [1.165, 1.54) is 11.1 Å². The van der Waals surface area contributed by atoms with Crippen molar-refractivity contribution in [3.05, 3.63) is 89.5 Å². The van der Waals surface area contributed by atoms with Gasteiger partial charge in [0.05, 0.1) is 18.2 Å². The van der Waals surface area contributed by atoms with E-state index in [0.717, 1.165) is 43.5 Å². The van der Waals surface area contributed by atoms with Crippen molar-refractivity contribution in [3.8, 4) is 23.3 Å². The molecule has 2 aliphatic heterocycles. The Kier molecular flexibility index (Phi) is 5.94. The van der Waals surface area contributed by atoms with Crippen LogP contribution >= 0.6 is 12.4 Å². The molecular weight excluding hydrogens is 396 g/mol. The normalized spacial score (nSPS) is 19.6. The van der Waals surface area contributed by atoms with Gasteiger partial charge in [0.25, 0.3) is 0 Å². The number of rotatable bonds is 4. The highest BCUT2D eigenvalue weighted by Gasteiger charge is 2.38. The van der Waals surface area contributed by atoms with Gasteiger partial charge in [-0.2, -0.15) is 5.26 Å². The zero-order valence-corrected chi connectivity index (χ0v) is 17.3. The molecular formula is C25H23ClN2O2. The Morgan fingerprint density at radius 2 is 1.73 bits per heavy atom. The number of fused-ring (bicyclic) bond motifs is 3. The Morgan fingerprint density at radius 1 is 0.967 bits per heavy atom. The van der Waals surface area contributed by atoms with E-state index in [9.17, 15) is 5.26 Å². The molecule has 0 radical (unpaired) electrons. The molecule has 0 amide bonds. The Balaban J connectivity index is 0.00000218. The fourth-order valence-electron chi connectivity index (χ4n) is 4.39. The molecule has 3 aromatic rings. The molecule has 0 spiro atoms. The molecule has 5 rings (SSSR count). The number of benzene rings is 3. The van der Waals surface area contributed by atoms with E-state index in [4.69, 9.17) is 9.47 Å². The molecule has 2 aliphatic rings. The van der Waals surface area contributed by atoms with Crippen LogP contribution in [0.4, 0.5) is 0 Å². The van der Waals surface area contributed by atoms with E-state index in [1.54, 1.807) is 0 Å². The molecule has 4 nitrogen and oxygen atoms in total. The molecule has 2 heterocycles. The summed E-state index contributed by atoms with van der Waals surface area (Å²) in [5.74, 6) is 3.56. The monoisotopic (exact) mass is 418 g/mol. The molecule has 152 valence electrons. The number of ether oxygens (including phenoxy) is 2. The van der Waals surface area contributed by atoms with Crippen molar-refractivity contribution in [1.82, 2.24) is 4.90 Å². The van der Waals surface area contributed by atoms with Crippen LogP contribution in [0.2, 0.25) is 0 Å². The predicted molar refractivity (Wildman–Crippen MR) is 118 cm³/mol. The van der Waals surface area contributed by atoms with Crippen LogP contribution in [0.15, 0.2) is 72.8 Å². The van der Waals surface area contributed by atoms with Gasteiger partial charge in [-0.1, -0.05) is 30.3 Å². The second-order valence-electron chi connectivity index (χ2n) is 7.80. The first-order valence-corrected chi connectivity index (χ1v) is 9.99. The van der Waals surface area contributed by atoms with Crippen LogP contribution in [0.1, 0.15) is 22.6 Å². The molecule has 0 bridgehead atoms. The highest BCUT2D eigenvalue weighted by Crippen LogP contribution is 2.42. The lowest BCUT2D eigenvalue weighted by atomic mass is 9.86. The largest absolute Gasteiger partial charge is 0.493 e. The fraction of sp³-hybridized carbons (Fsp3) is 0.240. The summed E-state index contributed by atoms with van der Waals surface area (Å²) in [6.07, 6.45) is 0. The fourth-order valence-corrected chi connectivity index (χ4v) is 4.39. The Bertz CT molecular complexity index is 1050. The quantitative estimate of drug-likeness (QED) is 0.570. The van der Waals surface area contributed by atoms with E-state index < -0.39 is 0 Å². The molecule has 0 aromatic heterocycles. The molecule has 1 saturated heterocycles. The maximum absolute atomic E-state index is 9.23. The number of hydrogen-bond donors (Lipinski definition) is 0. The molecule has 1 fully saturated rings. The lowest BCUT2D eigenvalue weighted by Crippen LogP contribution is -2.25. The molecule has 30 heavy (non-hydrogen) atoms. The molecule has 0 saturated carbocycles. The van der Waals surface area contributed by atoms with Crippen molar-refractivity contribution in [2.45, 2.75) is 12.5 Å². The predicted octanol–water partition coefficient (Wildman–Crippen LogP) is 5.38. The summed E-state index contributed by atoms with van der Waals surface area (Å²) in [7, 11) is 0. The van der Waals surface area contributed by atoms with Gasteiger partial charge in [-0.15, -0.1) is 12.4 Å². The molecule has 2 atom stereocenters. The first-order chi connectivity index (χ1) is 14.3. The first kappa shape index (κ1) is 20.3. The van der Waals surface area contributed by atoms with Gasteiger partial charge in [0.15, 0.2) is 0 Å². The molecule has 0 N–H and O–H groups in total. The van der Waals surface area contributed by atoms with Gasteiger partial charge in [-0.25, -0.2) is 0 Å². The van der Waals surface area contributed by atoms with E-state index in [0.29, 0.717) is 17.4 Å². The van der Waals surface area contributed by atoms with Crippen LogP contribution in [0.5, 0.6) is 17.2 Å². The summed E-state index contributed by atoms with van der Waals surface area (Å²) in [6.45, 7) is 3.68. The second-order valence-corrected chi connectivity index (χ2v) is 7.80. The van der Waals surface area contributed by atoms with Crippen molar-refractivity contribution in [3.63, 3.8) is 0 Å². The summed E-state index contributed by atoms with van der Waals surface area (Å²) in [6, 6.07) is 26.2. The summed E-state index contributed by atoms with van der Waals surface area (Å²) >= 11 is 0. The van der Waals surface area contributed by atoms with Crippen molar-refractivity contribution < 1.29 is 9.47 Å². The topological polar surface area (TPSA) is 45.5 Å². The molecule has 5 heteroatoms. The third-order valence-electron chi connectivity index (χ3n) is 5.82. The van der Waals surface area contributed by atoms with E-state index in [2.05, 4.69) is 23.1 Å². The zero-order valence-electron chi connectivity index (χ0n) is 16.5. The third kappa shape index (κ3) is 4.14. The van der Waals surface area contributed by atoms with Crippen LogP contribution < -0.4 is 9.47 Å². The Morgan fingerprint density at radius 3 is 2.50 bits per heavy atom. The van der Waals surface area contributed by atoms with Crippen LogP contribution in [0.3, 0.4) is 0 Å². The van der Waals surface area contributed by atoms with Crippen LogP contribution in [0.25, 0.3) is 0 Å². The lowest BCUT2D eigenvalue weighted by molar-refractivity contribution is 0.212. The number of likely N-dealkylation sites (tertiary alicyclic amines) is 1. The van der Waals surface area contributed by atoms with Crippen molar-refractivity contribution >= 4 is 12.4 Å². The first-order valence-electron chi connectivity index (χ1n) is 9.99. The zero-order chi connectivity index (χ0) is 19.6. The van der Waals surface area contributed by atoms with Crippen LogP contribution in [0, 0.1) is 17.2 Å². The van der Waals surface area contributed by atoms with Crippen molar-refractivity contribution in [1.29, 1.82) is 5.26 Å². The average Bonchev–Trinajstić information content (AvgIpc) is 3.18. The van der Waals surface area contributed by atoms with Crippen LogP contribution in [-0.4, -0.2) is 24.6 Å². The SMILES string of the molecule is Cl.N#Cc1ccc2c(c1)[C@@H]1CN(Cc3ccc(Oc4ccccc4)cc3)C[C@H]1CO2. The van der Waals surface area contributed by atoms with Gasteiger partial charge in [0.1, 0.15) is 17.2 Å². The van der Waals surface area contributed by atoms with Gasteiger partial charge in [-0.05, 0) is 48.0 Å². The van der Waals surface area contributed by atoms with Crippen molar-refractivity contribution in [2.24, 2.45) is 5.92 Å². The summed E-state index contributed by atoms with van der Waals surface area (Å²) in [5.41, 5.74) is 3.17. The molecule has 3 aromatic carbocycles. The smallest absolute Gasteiger partial charge is 0.127 e. The summed E-state index contributed by atoms with van der Waals surface area (Å²) in [4.78, 5) is 2.49. The molecule has 0 aliphatic carbocycles. The number of halogens is 1. The van der Waals surface area contributed by atoms with E-state index in [-0.39, 0.29) is 12.4 Å². The number of nitriles is 1. The van der Waals surface area contributed by atoms with Gasteiger partial charge in [0.2, 0.25) is 0 Å². The highest BCUT2D eigenvalue weighted by molar-refractivity contribution is 5.85. The van der Waals surface area contributed by atoms with Crippen LogP contribution in [-0.2, 0) is 6.54 Å². The lowest BCUT2D eigenvalue weighted by Gasteiger charge is -2.27. The summed E-state index contributed by atoms with van der Waals surface area (Å²) in [5, 5.41) is 9.23. The number of para-hydroxylation sites is 1. The minimum absolute atomic E-state index is 0. The average molecular weight is 419 g/mol. The minimum atomic E-state index is 0. The number of nitrogens with zero attached hydrogens (tertiary/aromatic N) is 2. The maximum Gasteiger partial charge on any atom is 0.127 e. The maximum atomic E-state index is 9.23. The Hall–Kier alpha value is -3.00. The molecule has 0 unspecified atom stereocenters. The van der Waals surface area contributed by atoms with Gasteiger partial charge in [0, 0.05) is 37.0 Å². The van der Waals surface area contributed by atoms with E-state index >= 15 is 0 Å². The van der Waals surface area contributed by atoms with Gasteiger partial charge >= 0.3 is 0 Å². The highest BCUT2D eigenvalue weighted by atomic mass is 35.5. The summed E-state index contributed by atoms with van der Waals surface area (Å²) < 4.78 is 11.8. The van der Waals surface area contributed by atoms with Crippen molar-refractivity contribution in [2.75, 3.05) is 19.7 Å². The number of hydrogen-bond acceptors (Lipinski definition) is 4. The second kappa shape index (κ2) is 8.79. The van der Waals surface area contributed by atoms with Gasteiger partial charge < -0.3 is 9.47 Å². The standard InChI is InChI=1S/C25H22N2O2.ClH/c26-13-19-8-11-25-23(12-19)24-16-27(15-20(24)17-28-25)14-18-6-9-22(10-7-18)29-21-4-2-1-3-5-21;/h1-12,20,24H,14-17H2;1H/t20-,24+;/m0./s1. The van der Waals surface area contributed by atoms with E-state index in [1.807, 2.05) is 60.7 Å². The Labute approximate surface area is 183 Å².